The van der Waals surface area contributed by atoms with E-state index in [1.165, 1.54) is 19.4 Å². The van der Waals surface area contributed by atoms with Crippen molar-refractivity contribution in [1.82, 2.24) is 76.2 Å². The number of allylic oxidation sites excluding steroid dienone is 2. The number of alkyl carbamates (subject to hydrolysis) is 2. The lowest BCUT2D eigenvalue weighted by Crippen LogP contribution is -2.58. The summed E-state index contributed by atoms with van der Waals surface area (Å²) in [6, 6.07) is 31.0. The Morgan fingerprint density at radius 3 is 1.35 bits per heavy atom. The Bertz CT molecular complexity index is 4490. The molecule has 14 rings (SSSR count). The molecule has 110 heavy (non-hydrogen) atoms. The molecule has 4 aliphatic carbocycles. The summed E-state index contributed by atoms with van der Waals surface area (Å²) in [6.45, 7) is 0.131. The third-order valence-electron chi connectivity index (χ3n) is 21.3. The molecule has 2 unspecified atom stereocenters. The van der Waals surface area contributed by atoms with E-state index in [1.807, 2.05) is 91.0 Å². The maximum atomic E-state index is 14.5. The molecular formula is C77H98N16O15S2. The van der Waals surface area contributed by atoms with Gasteiger partial charge >= 0.3 is 18.2 Å². The fourth-order valence-electron chi connectivity index (χ4n) is 15.2. The largest absolute Gasteiger partial charge is 0.479 e. The number of benzene rings is 4. The highest BCUT2D eigenvalue weighted by molar-refractivity contribution is 7.89. The van der Waals surface area contributed by atoms with Crippen LogP contribution in [0.25, 0.3) is 22.8 Å². The van der Waals surface area contributed by atoms with Crippen LogP contribution in [0.2, 0.25) is 0 Å². The normalized spacial score (nSPS) is 26.6. The smallest absolute Gasteiger partial charge is 0.408 e. The van der Waals surface area contributed by atoms with Crippen LogP contribution in [0.5, 0.6) is 0 Å². The molecule has 2 aromatic heterocycles. The summed E-state index contributed by atoms with van der Waals surface area (Å²) >= 11 is 0. The SMILES string of the molecule is C.NS(=O)(=O)Cc1ccccc1.O=C(N[C@H]1CCCCC/C=C\C2C[C@@]2(C(=O)NS(=O)(=O)Cc2ccccc2)NC(=O)[C@@H]2C[C@@H](n3nnc(-c4ccccc4)n3)CN2C1=O)OC1CCCC1.O=C(N[C@H]1CCCCC/C=C\C2C[C@@]2(C(=O)O)NC(=O)[C@@H]2C[C@@H](n3nnc(-c4ccccc4)n3)CN2C1=O)OC1CCCC1. The first-order chi connectivity index (χ1) is 52.5. The molecule has 33 heteroatoms. The van der Waals surface area contributed by atoms with Crippen molar-refractivity contribution in [3.05, 3.63) is 157 Å². The number of aromatic nitrogens is 8. The van der Waals surface area contributed by atoms with Crippen LogP contribution in [-0.4, -0.2) is 180 Å². The lowest BCUT2D eigenvalue weighted by Gasteiger charge is -2.30. The van der Waals surface area contributed by atoms with Crippen LogP contribution in [-0.2, 0) is 69.8 Å². The van der Waals surface area contributed by atoms with Crippen LogP contribution in [0.1, 0.15) is 172 Å². The first-order valence-corrected chi connectivity index (χ1v) is 41.0. The van der Waals surface area contributed by atoms with Gasteiger partial charge in [0.05, 0.1) is 23.6 Å². The van der Waals surface area contributed by atoms with Gasteiger partial charge in [0.2, 0.25) is 55.3 Å². The first-order valence-electron chi connectivity index (χ1n) is 37.6. The molecule has 0 bridgehead atoms. The number of rotatable bonds is 15. The molecular weight excluding hydrogens is 1450 g/mol. The van der Waals surface area contributed by atoms with Gasteiger partial charge in [0.1, 0.15) is 47.5 Å². The number of carboxylic acids is 1. The second-order valence-electron chi connectivity index (χ2n) is 29.4. The zero-order valence-electron chi connectivity index (χ0n) is 60.5. The Labute approximate surface area is 639 Å². The molecule has 4 aromatic carbocycles. The number of carboxylic acid groups (broad SMARTS) is 1. The molecule has 2 saturated heterocycles. The van der Waals surface area contributed by atoms with Crippen LogP contribution >= 0.6 is 0 Å². The number of nitrogens with one attached hydrogen (secondary N) is 5. The van der Waals surface area contributed by atoms with Gasteiger partial charge in [-0.05, 0) is 124 Å². The number of primary sulfonamides is 1. The summed E-state index contributed by atoms with van der Waals surface area (Å²) in [4.78, 5) is 115. The van der Waals surface area contributed by atoms with Crippen molar-refractivity contribution in [2.24, 2.45) is 17.0 Å². The molecule has 6 fully saturated rings. The number of sulfonamides is 2. The van der Waals surface area contributed by atoms with Gasteiger partial charge in [-0.1, -0.05) is 179 Å². The van der Waals surface area contributed by atoms with Gasteiger partial charge in [-0.3, -0.25) is 28.7 Å². The molecule has 10 atom stereocenters. The zero-order chi connectivity index (χ0) is 76.7. The van der Waals surface area contributed by atoms with E-state index < -0.39 is 127 Å². The molecule has 7 amide bonds. The van der Waals surface area contributed by atoms with Crippen molar-refractivity contribution in [2.45, 2.75) is 220 Å². The maximum Gasteiger partial charge on any atom is 0.408 e. The topological polar surface area (TPSA) is 423 Å². The summed E-state index contributed by atoms with van der Waals surface area (Å²) in [5.41, 5.74) is -0.198. The molecule has 31 nitrogen and oxygen atoms in total. The lowest BCUT2D eigenvalue weighted by atomic mass is 10.0. The van der Waals surface area contributed by atoms with Gasteiger partial charge in [-0.25, -0.2) is 36.4 Å². The number of nitrogens with two attached hydrogens (primary N) is 1. The van der Waals surface area contributed by atoms with Crippen molar-refractivity contribution in [3.63, 3.8) is 0 Å². The van der Waals surface area contributed by atoms with E-state index in [9.17, 15) is 60.3 Å². The summed E-state index contributed by atoms with van der Waals surface area (Å²) in [5, 5.41) is 52.2. The number of ether oxygens (including phenoxy) is 2. The van der Waals surface area contributed by atoms with Crippen molar-refractivity contribution in [3.8, 4) is 22.8 Å². The summed E-state index contributed by atoms with van der Waals surface area (Å²) < 4.78 is 61.0. The fourth-order valence-corrected chi connectivity index (χ4v) is 17.0. The third kappa shape index (κ3) is 21.0. The van der Waals surface area contributed by atoms with E-state index >= 15 is 0 Å². The van der Waals surface area contributed by atoms with Gasteiger partial charge in [-0.2, -0.15) is 9.59 Å². The minimum absolute atomic E-state index is 0. The molecule has 0 spiro atoms. The number of fused-ring (bicyclic) bond motifs is 4. The van der Waals surface area contributed by atoms with Gasteiger partial charge in [0.25, 0.3) is 5.91 Å². The van der Waals surface area contributed by atoms with Gasteiger partial charge in [0, 0.05) is 48.9 Å². The Kier molecular flexibility index (Phi) is 26.8. The number of hydrogen-bond donors (Lipinski definition) is 7. The molecule has 6 aromatic rings. The van der Waals surface area contributed by atoms with Crippen LogP contribution in [0.15, 0.2) is 146 Å². The second-order valence-corrected chi connectivity index (χ2v) is 32.7. The number of tetrazole rings is 2. The van der Waals surface area contributed by atoms with Crippen molar-refractivity contribution >= 4 is 67.7 Å². The number of hydrogen-bond acceptors (Lipinski definition) is 20. The predicted octanol–water partition coefficient (Wildman–Crippen LogP) is 7.67. The van der Waals surface area contributed by atoms with Crippen LogP contribution < -0.4 is 31.1 Å². The van der Waals surface area contributed by atoms with Crippen molar-refractivity contribution in [2.75, 3.05) is 13.1 Å². The zero-order valence-corrected chi connectivity index (χ0v) is 62.2. The molecule has 0 radical (unpaired) electrons. The molecule has 4 aliphatic heterocycles. The van der Waals surface area contributed by atoms with Crippen molar-refractivity contribution in [1.29, 1.82) is 0 Å². The monoisotopic (exact) mass is 1550 g/mol. The maximum absolute atomic E-state index is 14.5. The summed E-state index contributed by atoms with van der Waals surface area (Å²) in [6.07, 6.45) is 20.6. The summed E-state index contributed by atoms with van der Waals surface area (Å²) in [7, 11) is -7.49. The molecule has 588 valence electrons. The number of aliphatic carboxylic acids is 1. The van der Waals surface area contributed by atoms with Crippen LogP contribution in [0, 0.1) is 11.8 Å². The van der Waals surface area contributed by atoms with Gasteiger partial charge in [-0.15, -0.1) is 20.4 Å². The van der Waals surface area contributed by atoms with E-state index in [0.717, 1.165) is 100 Å². The highest BCUT2D eigenvalue weighted by Crippen LogP contribution is 2.47. The minimum Gasteiger partial charge on any atom is -0.479 e. The molecule has 6 heterocycles. The van der Waals surface area contributed by atoms with Crippen LogP contribution in [0.3, 0.4) is 0 Å². The third-order valence-corrected chi connectivity index (χ3v) is 23.2. The average molecular weight is 1550 g/mol. The van der Waals surface area contributed by atoms with E-state index in [4.69, 9.17) is 14.6 Å². The standard InChI is InChI=1S/C38H46N8O7S.C31H39N7O6.C7H9NO2S.CH4/c47-34-32-22-29(46-42-33(41-44-46)27-16-8-5-9-17-27)24-45(32)35(48)31(39-37(50)53-30-19-12-13-20-30)21-11-3-1-2-10-18-28-23-38(28,40-34)36(49)43-54(51,52)25-26-14-6-4-7-15-26;39-27-25-17-22(38-35-26(34-36-38)20-11-5-4-6-12-20)19-37(25)28(40)24(32-30(43)44-23-14-9-10-15-23)16-8-3-1-2-7-13-21-18-31(21,33-27)29(41)42;8-11(9,10)6-7-4-2-1-3-5-7;/h4-10,14-18,28-32H,1-3,11-13,19-25H2,(H,39,50)(H,40,47)(H,43,49);4-7,11-13,21-25H,1-3,8-10,14-19H2,(H,32,43)(H,33,39)(H,41,42);1-5H,6H2,(H2,8,9,10);1H4/b18-10-;13-7-;;/t28?,29-,31+,32+,38-;21?,22-,24+,25+,31-;;/m11../s1. The number of carbonyl (C=O) groups excluding carboxylic acids is 7. The van der Waals surface area contributed by atoms with E-state index in [-0.39, 0.29) is 70.1 Å². The quantitative estimate of drug-likeness (QED) is 0.0485. The summed E-state index contributed by atoms with van der Waals surface area (Å²) in [5.74, 6) is -4.47. The molecule has 8 aliphatic rings. The Balaban J connectivity index is 0.000000192. The Morgan fingerprint density at radius 2 is 0.918 bits per heavy atom. The lowest BCUT2D eigenvalue weighted by molar-refractivity contribution is -0.145. The predicted molar refractivity (Wildman–Crippen MR) is 403 cm³/mol. The van der Waals surface area contributed by atoms with Gasteiger partial charge in [0.15, 0.2) is 0 Å². The first kappa shape index (κ1) is 80.7. The second kappa shape index (κ2) is 36.5. The molecule has 8 N–H and O–H groups in total. The highest BCUT2D eigenvalue weighted by atomic mass is 32.2. The fraction of sp³-hybridized carbons (Fsp3) is 0.506. The van der Waals surface area contributed by atoms with E-state index in [0.29, 0.717) is 49.3 Å². The Morgan fingerprint density at radius 1 is 0.527 bits per heavy atom. The van der Waals surface area contributed by atoms with Crippen LogP contribution in [0.4, 0.5) is 9.59 Å². The molecule has 4 saturated carbocycles. The average Bonchev–Trinajstić information content (AvgIpc) is 1.58. The Hall–Kier alpha value is -10.3. The number of nitrogens with zero attached hydrogens (tertiary/aromatic N) is 10. The highest BCUT2D eigenvalue weighted by Gasteiger charge is 2.63. The minimum atomic E-state index is -4.12. The van der Waals surface area contributed by atoms with Gasteiger partial charge < -0.3 is 45.6 Å². The van der Waals surface area contributed by atoms with E-state index in [1.54, 1.807) is 54.6 Å². The number of amides is 7. The van der Waals surface area contributed by atoms with Crippen molar-refractivity contribution < 1.29 is 69.8 Å². The number of carbonyl (C=O) groups is 8. The van der Waals surface area contributed by atoms with E-state index in [2.05, 4.69) is 56.8 Å².